The van der Waals surface area contributed by atoms with Gasteiger partial charge in [-0.3, -0.25) is 4.72 Å². The maximum absolute atomic E-state index is 12.8. The molecule has 32 heavy (non-hydrogen) atoms. The van der Waals surface area contributed by atoms with Crippen LogP contribution >= 0.6 is 0 Å². The van der Waals surface area contributed by atoms with E-state index < -0.39 is 10.0 Å². The molecule has 0 amide bonds. The van der Waals surface area contributed by atoms with Gasteiger partial charge in [-0.05, 0) is 67.8 Å². The molecular weight excluding hydrogens is 426 g/mol. The van der Waals surface area contributed by atoms with Crippen molar-refractivity contribution in [1.82, 2.24) is 9.97 Å². The molecule has 1 aromatic heterocycles. The first-order valence-corrected chi connectivity index (χ1v) is 12.2. The van der Waals surface area contributed by atoms with E-state index in [9.17, 15) is 8.42 Å². The molecule has 0 unspecified atom stereocenters. The average Bonchev–Trinajstić information content (AvgIpc) is 3.46. The third kappa shape index (κ3) is 4.34. The van der Waals surface area contributed by atoms with Crippen molar-refractivity contribution < 1.29 is 13.2 Å². The summed E-state index contributed by atoms with van der Waals surface area (Å²) in [6, 6.07) is 14.0. The van der Waals surface area contributed by atoms with E-state index in [1.165, 1.54) is 12.8 Å². The van der Waals surface area contributed by atoms with E-state index in [1.807, 2.05) is 13.0 Å². The first kappa shape index (κ1) is 20.6. The molecule has 0 aliphatic carbocycles. The Morgan fingerprint density at radius 1 is 0.969 bits per heavy atom. The van der Waals surface area contributed by atoms with Gasteiger partial charge >= 0.3 is 0 Å². The minimum Gasteiger partial charge on any atom is -0.493 e. The molecule has 2 aliphatic heterocycles. The lowest BCUT2D eigenvalue weighted by atomic mass is 10.2. The summed E-state index contributed by atoms with van der Waals surface area (Å²) in [4.78, 5) is 11.6. The van der Waals surface area contributed by atoms with E-state index in [4.69, 9.17) is 4.74 Å². The van der Waals surface area contributed by atoms with E-state index in [1.54, 1.807) is 42.5 Å². The van der Waals surface area contributed by atoms with Crippen molar-refractivity contribution in [3.63, 3.8) is 0 Å². The van der Waals surface area contributed by atoms with Crippen LogP contribution in [0, 0.1) is 6.92 Å². The number of rotatable bonds is 6. The molecule has 0 radical (unpaired) electrons. The van der Waals surface area contributed by atoms with Gasteiger partial charge in [-0.2, -0.15) is 4.98 Å². The van der Waals surface area contributed by atoms with Crippen LogP contribution in [0.5, 0.6) is 5.75 Å². The van der Waals surface area contributed by atoms with Crippen molar-refractivity contribution in [2.24, 2.45) is 0 Å². The van der Waals surface area contributed by atoms with Gasteiger partial charge in [-0.15, -0.1) is 0 Å². The third-order valence-electron chi connectivity index (χ3n) is 5.64. The van der Waals surface area contributed by atoms with Gasteiger partial charge in [-0.1, -0.05) is 0 Å². The van der Waals surface area contributed by atoms with Crippen molar-refractivity contribution in [1.29, 1.82) is 0 Å². The number of aromatic nitrogens is 2. The van der Waals surface area contributed by atoms with E-state index in [2.05, 4.69) is 24.9 Å². The standard InChI is InChI=1S/C23H25N5O3S/c1-16-14-22(28-11-2-3-12-28)26-23(24-16)25-18-4-6-19(7-5-18)27-32(29,30)20-8-9-21-17(15-20)10-13-31-21/h4-9,14-15,27H,2-3,10-13H2,1H3,(H,24,25,26). The third-order valence-corrected chi connectivity index (χ3v) is 7.01. The summed E-state index contributed by atoms with van der Waals surface area (Å²) in [5, 5.41) is 3.22. The van der Waals surface area contributed by atoms with Gasteiger partial charge in [0, 0.05) is 42.6 Å². The summed E-state index contributed by atoms with van der Waals surface area (Å²) in [5.74, 6) is 2.22. The molecule has 0 bridgehead atoms. The van der Waals surface area contributed by atoms with Crippen LogP contribution in [0.25, 0.3) is 0 Å². The number of hydrogen-bond donors (Lipinski definition) is 2. The van der Waals surface area contributed by atoms with Crippen molar-refractivity contribution in [2.75, 3.05) is 34.6 Å². The molecule has 2 aliphatic rings. The SMILES string of the molecule is Cc1cc(N2CCCC2)nc(Nc2ccc(NS(=O)(=O)c3ccc4c(c3)CCO4)cc2)n1. The Morgan fingerprint density at radius 3 is 2.50 bits per heavy atom. The highest BCUT2D eigenvalue weighted by atomic mass is 32.2. The van der Waals surface area contributed by atoms with Crippen molar-refractivity contribution >= 4 is 33.2 Å². The first-order valence-electron chi connectivity index (χ1n) is 10.7. The summed E-state index contributed by atoms with van der Waals surface area (Å²) in [6.07, 6.45) is 3.09. The van der Waals surface area contributed by atoms with E-state index in [0.717, 1.165) is 48.0 Å². The Kier molecular flexibility index (Phi) is 5.34. The second kappa shape index (κ2) is 8.31. The molecule has 1 saturated heterocycles. The van der Waals surface area contributed by atoms with Crippen molar-refractivity contribution in [3.8, 4) is 5.75 Å². The Bertz CT molecular complexity index is 1240. The van der Waals surface area contributed by atoms with Gasteiger partial charge in [-0.25, -0.2) is 13.4 Å². The molecule has 166 valence electrons. The molecule has 0 atom stereocenters. The summed E-state index contributed by atoms with van der Waals surface area (Å²) in [5.41, 5.74) is 3.07. The number of nitrogens with one attached hydrogen (secondary N) is 2. The van der Waals surface area contributed by atoms with Crippen LogP contribution in [-0.4, -0.2) is 38.1 Å². The van der Waals surface area contributed by atoms with Gasteiger partial charge in [0.05, 0.1) is 11.5 Å². The number of hydrogen-bond acceptors (Lipinski definition) is 7. The molecule has 3 heterocycles. The highest BCUT2D eigenvalue weighted by Crippen LogP contribution is 2.29. The van der Waals surface area contributed by atoms with Crippen LogP contribution in [0.15, 0.2) is 53.4 Å². The number of fused-ring (bicyclic) bond motifs is 1. The topological polar surface area (TPSA) is 96.5 Å². The summed E-state index contributed by atoms with van der Waals surface area (Å²) >= 11 is 0. The quantitative estimate of drug-likeness (QED) is 0.587. The Morgan fingerprint density at radius 2 is 1.72 bits per heavy atom. The largest absolute Gasteiger partial charge is 0.493 e. The lowest BCUT2D eigenvalue weighted by Crippen LogP contribution is -2.19. The summed E-state index contributed by atoms with van der Waals surface area (Å²) in [6.45, 7) is 4.57. The fraction of sp³-hybridized carbons (Fsp3) is 0.304. The van der Waals surface area contributed by atoms with E-state index in [-0.39, 0.29) is 4.90 Å². The van der Waals surface area contributed by atoms with Gasteiger partial charge in [0.1, 0.15) is 11.6 Å². The van der Waals surface area contributed by atoms with Gasteiger partial charge in [0.15, 0.2) is 0 Å². The highest BCUT2D eigenvalue weighted by molar-refractivity contribution is 7.92. The van der Waals surface area contributed by atoms with Crippen LogP contribution in [0.1, 0.15) is 24.1 Å². The highest BCUT2D eigenvalue weighted by Gasteiger charge is 2.19. The number of sulfonamides is 1. The minimum absolute atomic E-state index is 0.228. The Balaban J connectivity index is 1.29. The normalized spacial score (nSPS) is 15.3. The lowest BCUT2D eigenvalue weighted by molar-refractivity contribution is 0.356. The lowest BCUT2D eigenvalue weighted by Gasteiger charge is -2.17. The Labute approximate surface area is 187 Å². The van der Waals surface area contributed by atoms with E-state index in [0.29, 0.717) is 18.2 Å². The van der Waals surface area contributed by atoms with Crippen LogP contribution in [-0.2, 0) is 16.4 Å². The molecule has 3 aromatic rings. The zero-order valence-electron chi connectivity index (χ0n) is 17.8. The number of anilines is 4. The summed E-state index contributed by atoms with van der Waals surface area (Å²) < 4.78 is 33.7. The molecular formula is C23H25N5O3S. The van der Waals surface area contributed by atoms with Gasteiger partial charge in [0.2, 0.25) is 5.95 Å². The monoisotopic (exact) mass is 451 g/mol. The number of nitrogens with zero attached hydrogens (tertiary/aromatic N) is 3. The van der Waals surface area contributed by atoms with Crippen LogP contribution in [0.4, 0.5) is 23.1 Å². The minimum atomic E-state index is -3.68. The average molecular weight is 452 g/mol. The van der Waals surface area contributed by atoms with Gasteiger partial charge < -0.3 is 15.0 Å². The fourth-order valence-electron chi connectivity index (χ4n) is 4.01. The number of ether oxygens (including phenoxy) is 1. The first-order chi connectivity index (χ1) is 15.5. The summed E-state index contributed by atoms with van der Waals surface area (Å²) in [7, 11) is -3.68. The fourth-order valence-corrected chi connectivity index (χ4v) is 5.12. The molecule has 5 rings (SSSR count). The predicted octanol–water partition coefficient (Wildman–Crippen LogP) is 3.86. The smallest absolute Gasteiger partial charge is 0.261 e. The molecule has 0 saturated carbocycles. The van der Waals surface area contributed by atoms with Crippen LogP contribution in [0.2, 0.25) is 0 Å². The van der Waals surface area contributed by atoms with Crippen LogP contribution in [0.3, 0.4) is 0 Å². The van der Waals surface area contributed by atoms with Gasteiger partial charge in [0.25, 0.3) is 10.0 Å². The Hall–Kier alpha value is -3.33. The molecule has 0 spiro atoms. The number of aryl methyl sites for hydroxylation is 1. The second-order valence-corrected chi connectivity index (χ2v) is 9.74. The van der Waals surface area contributed by atoms with Crippen LogP contribution < -0.4 is 19.7 Å². The van der Waals surface area contributed by atoms with Crippen molar-refractivity contribution in [2.45, 2.75) is 31.1 Å². The zero-order valence-corrected chi connectivity index (χ0v) is 18.7. The maximum atomic E-state index is 12.8. The number of benzene rings is 2. The maximum Gasteiger partial charge on any atom is 0.261 e. The van der Waals surface area contributed by atoms with E-state index >= 15 is 0 Å². The molecule has 9 heteroatoms. The molecule has 2 N–H and O–H groups in total. The molecule has 2 aromatic carbocycles. The molecule has 1 fully saturated rings. The van der Waals surface area contributed by atoms with Crippen molar-refractivity contribution in [3.05, 3.63) is 59.8 Å². The second-order valence-electron chi connectivity index (χ2n) is 8.06. The predicted molar refractivity (Wildman–Crippen MR) is 124 cm³/mol. The zero-order chi connectivity index (χ0) is 22.1. The molecule has 8 nitrogen and oxygen atoms in total.